The third kappa shape index (κ3) is 821. The van der Waals surface area contributed by atoms with Gasteiger partial charge in [0.2, 0.25) is 0 Å². The van der Waals surface area contributed by atoms with E-state index in [1.165, 1.54) is 0 Å². The molecule has 0 unspecified atom stereocenters. The molecule has 0 radical (unpaired) electrons. The molecule has 0 spiro atoms. The van der Waals surface area contributed by atoms with Crippen LogP contribution in [0.15, 0.2) is 0 Å². The van der Waals surface area contributed by atoms with Crippen LogP contribution in [0.4, 0.5) is 0 Å². The molecule has 0 bridgehead atoms. The zero-order valence-electron chi connectivity index (χ0n) is 4.83. The predicted molar refractivity (Wildman–Crippen MR) is 20.0 cm³/mol. The maximum Gasteiger partial charge on any atom is 4.00 e. The van der Waals surface area contributed by atoms with Gasteiger partial charge in [-0.3, -0.25) is 0 Å². The van der Waals surface area contributed by atoms with E-state index in [0.29, 0.717) is 0 Å². The summed E-state index contributed by atoms with van der Waals surface area (Å²) in [5.41, 5.74) is 0. The maximum atomic E-state index is 8.91. The summed E-state index contributed by atoms with van der Waals surface area (Å²) in [6.45, 7) is 0. The maximum absolute atomic E-state index is 8.91. The molecule has 11 heteroatoms. The molecule has 64 valence electrons. The Hall–Kier alpha value is 1.05. The number of hydrogen-bond donors (Lipinski definition) is 3. The molecule has 0 aromatic heterocycles. The predicted octanol–water partition coefficient (Wildman–Crippen LogP) is -6.07. The molecule has 0 aliphatic heterocycles. The van der Waals surface area contributed by atoms with Gasteiger partial charge in [-0.1, -0.05) is 0 Å². The Balaban J connectivity index is -0.000000107. The van der Waals surface area contributed by atoms with Gasteiger partial charge in [0.05, 0.1) is 0 Å². The molecule has 0 atom stereocenters. The summed E-state index contributed by atoms with van der Waals surface area (Å²) in [7, 11) is -10.2. The summed E-state index contributed by atoms with van der Waals surface area (Å²) in [6.07, 6.45) is 0. The second kappa shape index (κ2) is 6.55. The standard InChI is InChI=1S/H3O4P.H3O4Si.Zr/c2*1-5(2,3)4;/h(H3,1,2,3,4);1-3H;/q;-1;+4/p-3. The molecule has 11 heavy (non-hydrogen) atoms. The molecule has 0 fully saturated rings. The van der Waals surface area contributed by atoms with Crippen LogP contribution in [0.3, 0.4) is 0 Å². The first-order valence-corrected chi connectivity index (χ1v) is 4.82. The third-order valence-corrected chi connectivity index (χ3v) is 0. The van der Waals surface area contributed by atoms with Crippen molar-refractivity contribution in [2.75, 3.05) is 0 Å². The van der Waals surface area contributed by atoms with Gasteiger partial charge in [0.15, 0.2) is 0 Å². The van der Waals surface area contributed by atoms with E-state index < -0.39 is 16.9 Å². The Morgan fingerprint density at radius 2 is 1.09 bits per heavy atom. The first-order chi connectivity index (χ1) is 4.00. The van der Waals surface area contributed by atoms with E-state index >= 15 is 0 Å². The van der Waals surface area contributed by atoms with Crippen LogP contribution in [0.25, 0.3) is 0 Å². The minimum absolute atomic E-state index is 0. The zero-order chi connectivity index (χ0) is 9.00. The molecule has 0 aliphatic carbocycles. The Bertz CT molecular complexity index is 106. The third-order valence-electron chi connectivity index (χ3n) is 0. The summed E-state index contributed by atoms with van der Waals surface area (Å²) < 4.78 is 8.55. The van der Waals surface area contributed by atoms with Crippen molar-refractivity contribution in [3.05, 3.63) is 0 Å². The first kappa shape index (κ1) is 18.0. The second-order valence-electron chi connectivity index (χ2n) is 1.02. The summed E-state index contributed by atoms with van der Waals surface area (Å²) in [4.78, 5) is 56.2. The van der Waals surface area contributed by atoms with Gasteiger partial charge in [0.1, 0.15) is 0 Å². The largest absolute Gasteiger partial charge is 4.00 e. The van der Waals surface area contributed by atoms with Crippen molar-refractivity contribution in [2.45, 2.75) is 0 Å². The van der Waals surface area contributed by atoms with Gasteiger partial charge in [0.25, 0.3) is 0 Å². The summed E-state index contributed by atoms with van der Waals surface area (Å²) in [5, 5.41) is 0. The molecule has 8 nitrogen and oxygen atoms in total. The van der Waals surface area contributed by atoms with Crippen LogP contribution in [0.1, 0.15) is 0 Å². The zero-order valence-corrected chi connectivity index (χ0v) is 9.18. The van der Waals surface area contributed by atoms with Crippen molar-refractivity contribution < 1.29 is 64.6 Å². The molecule has 0 heterocycles. The molecule has 0 aromatic rings. The van der Waals surface area contributed by atoms with E-state index in [1.54, 1.807) is 0 Å². The Morgan fingerprint density at radius 3 is 1.09 bits per heavy atom. The van der Waals surface area contributed by atoms with E-state index in [9.17, 15) is 0 Å². The molecule has 0 aliphatic rings. The fourth-order valence-electron chi connectivity index (χ4n) is 0. The van der Waals surface area contributed by atoms with E-state index in [1.807, 2.05) is 0 Å². The van der Waals surface area contributed by atoms with Crippen LogP contribution >= 0.6 is 7.82 Å². The van der Waals surface area contributed by atoms with E-state index in [4.69, 9.17) is 38.4 Å². The molecule has 0 saturated carbocycles. The van der Waals surface area contributed by atoms with Gasteiger partial charge in [-0.2, -0.15) is 7.82 Å². The number of rotatable bonds is 0. The van der Waals surface area contributed by atoms with Crippen molar-refractivity contribution in [3.8, 4) is 0 Å². The van der Waals surface area contributed by atoms with Crippen molar-refractivity contribution >= 4 is 16.9 Å². The summed E-state index contributed by atoms with van der Waals surface area (Å²) in [6, 6.07) is 0. The van der Waals surface area contributed by atoms with E-state index in [2.05, 4.69) is 0 Å². The second-order valence-corrected chi connectivity index (χ2v) is 3.06. The first-order valence-electron chi connectivity index (χ1n) is 1.61. The average Bonchev–Trinajstić information content (AvgIpc) is 1.12. The van der Waals surface area contributed by atoms with Crippen LogP contribution in [0.5, 0.6) is 0 Å². The van der Waals surface area contributed by atoms with Crippen molar-refractivity contribution in [1.29, 1.82) is 0 Å². The monoisotopic (exact) mass is 280 g/mol. The fourth-order valence-corrected chi connectivity index (χ4v) is 0. The van der Waals surface area contributed by atoms with Gasteiger partial charge in [-0.15, -0.1) is 0 Å². The van der Waals surface area contributed by atoms with Gasteiger partial charge in [-0.25, -0.2) is 0 Å². The van der Waals surface area contributed by atoms with Gasteiger partial charge in [-0.05, 0) is 0 Å². The van der Waals surface area contributed by atoms with Gasteiger partial charge < -0.3 is 38.4 Å². The Kier molecular flexibility index (Phi) is 10.7. The summed E-state index contributed by atoms with van der Waals surface area (Å²) >= 11 is 0. The smallest absolute Gasteiger partial charge is 0.822 e. The SMILES string of the molecule is O=P([O-])([O-])[O-].[O-][Si](O)(O)O.[Zr+4]. The molecule has 0 saturated heterocycles. The molecule has 0 aromatic carbocycles. The molecule has 0 rings (SSSR count). The van der Waals surface area contributed by atoms with Crippen LogP contribution in [-0.2, 0) is 30.8 Å². The van der Waals surface area contributed by atoms with Crippen LogP contribution in [-0.4, -0.2) is 23.4 Å². The fraction of sp³-hybridized carbons (Fsp3) is 0. The van der Waals surface area contributed by atoms with Crippen LogP contribution in [0.2, 0.25) is 0 Å². The van der Waals surface area contributed by atoms with Gasteiger partial charge >= 0.3 is 35.3 Å². The van der Waals surface area contributed by atoms with Gasteiger partial charge in [0, 0.05) is 0 Å². The van der Waals surface area contributed by atoms with E-state index in [-0.39, 0.29) is 26.2 Å². The average molecular weight is 281 g/mol. The van der Waals surface area contributed by atoms with Crippen molar-refractivity contribution in [3.63, 3.8) is 0 Å². The molecular formula is H3O8PSiZr. The topological polar surface area (TPSA) is 170 Å². The number of hydrogen-bond acceptors (Lipinski definition) is 8. The minimum Gasteiger partial charge on any atom is -0.822 e. The Morgan fingerprint density at radius 1 is 1.09 bits per heavy atom. The normalized spacial score (nSPS) is 10.8. The molecule has 3 N–H and O–H groups in total. The Labute approximate surface area is 81.6 Å². The quantitative estimate of drug-likeness (QED) is 0.291. The van der Waals surface area contributed by atoms with E-state index in [0.717, 1.165) is 0 Å². The minimum atomic E-state index is -5.39. The van der Waals surface area contributed by atoms with Crippen LogP contribution in [0, 0.1) is 0 Å². The van der Waals surface area contributed by atoms with Crippen LogP contribution < -0.4 is 19.5 Å². The van der Waals surface area contributed by atoms with Crippen molar-refractivity contribution in [1.82, 2.24) is 0 Å². The molecule has 0 amide bonds. The summed E-state index contributed by atoms with van der Waals surface area (Å²) in [5.74, 6) is 0. The molecular weight excluding hydrogens is 278 g/mol. The number of phosphoric acid groups is 1. The van der Waals surface area contributed by atoms with Crippen molar-refractivity contribution in [2.24, 2.45) is 0 Å².